The van der Waals surface area contributed by atoms with Gasteiger partial charge in [-0.2, -0.15) is 15.1 Å². The monoisotopic (exact) mass is 1980 g/mol. The number of aromatic nitrogens is 8. The summed E-state index contributed by atoms with van der Waals surface area (Å²) < 4.78 is 140. The molecule has 139 heavy (non-hydrogen) atoms. The van der Waals surface area contributed by atoms with Gasteiger partial charge in [0.05, 0.1) is 101 Å². The number of thioether (sulfide) groups is 4. The highest BCUT2D eigenvalue weighted by Gasteiger charge is 2.55. The average Bonchev–Trinajstić information content (AvgIpc) is 1.43. The lowest BCUT2D eigenvalue weighted by atomic mass is 9.76. The third-order valence-corrected chi connectivity index (χ3v) is 32.7. The lowest BCUT2D eigenvalue weighted by Crippen LogP contribution is -2.60. The third-order valence-electron chi connectivity index (χ3n) is 28.2. The first kappa shape index (κ1) is 92.2. The minimum absolute atomic E-state index is 0.0464. The molecule has 16 heterocycles. The van der Waals surface area contributed by atoms with Crippen molar-refractivity contribution < 1.29 is 94.0 Å². The van der Waals surface area contributed by atoms with Crippen LogP contribution in [0.25, 0.3) is 0 Å². The Balaban J connectivity index is 0.000000110. The van der Waals surface area contributed by atoms with Gasteiger partial charge in [-0.25, -0.2) is 44.6 Å². The topological polar surface area (TPSA) is 370 Å². The maximum absolute atomic E-state index is 15.2. The summed E-state index contributed by atoms with van der Waals surface area (Å²) in [4.78, 5) is 135. The number of hydrogen-bond donors (Lipinski definition) is 6. The van der Waals surface area contributed by atoms with Gasteiger partial charge in [0.2, 0.25) is 22.7 Å². The number of carbonyl (C=O) groups is 4. The van der Waals surface area contributed by atoms with E-state index in [0.29, 0.717) is 48.4 Å². The van der Waals surface area contributed by atoms with Gasteiger partial charge >= 0.3 is 16.8 Å². The van der Waals surface area contributed by atoms with Crippen LogP contribution in [0.4, 0.5) is 35.1 Å². The highest BCUT2D eigenvalue weighted by atomic mass is 32.2. The summed E-state index contributed by atoms with van der Waals surface area (Å²) >= 11 is 5.59. The summed E-state index contributed by atoms with van der Waals surface area (Å²) in [5, 5.41) is 56.9. The normalized spacial score (nSPS) is 23.2. The molecule has 4 saturated heterocycles. The average molecular weight is 1980 g/mol. The van der Waals surface area contributed by atoms with Crippen LogP contribution in [0.15, 0.2) is 202 Å². The fourth-order valence-corrected chi connectivity index (χ4v) is 26.7. The fourth-order valence-electron chi connectivity index (χ4n) is 22.2. The van der Waals surface area contributed by atoms with Gasteiger partial charge in [-0.15, -0.1) is 47.0 Å². The van der Waals surface area contributed by atoms with Crippen LogP contribution in [-0.4, -0.2) is 197 Å². The second-order valence-corrected chi connectivity index (χ2v) is 39.1. The number of halogens is 8. The number of fused-ring (bicyclic) bond motifs is 16. The van der Waals surface area contributed by atoms with Crippen LogP contribution in [0, 0.1) is 46.5 Å². The van der Waals surface area contributed by atoms with E-state index in [0.717, 1.165) is 89.7 Å². The van der Waals surface area contributed by atoms with Crippen molar-refractivity contribution in [2.24, 2.45) is 0 Å². The van der Waals surface area contributed by atoms with Gasteiger partial charge in [0.1, 0.15) is 12.4 Å². The quantitative estimate of drug-likeness (QED) is 0.0872. The van der Waals surface area contributed by atoms with Crippen molar-refractivity contribution in [3.05, 3.63) is 352 Å². The molecule has 12 aliphatic rings. The smallest absolute Gasteiger partial charge is 0.329 e. The van der Waals surface area contributed by atoms with Crippen LogP contribution in [0.1, 0.15) is 182 Å². The Hall–Kier alpha value is -13.2. The maximum atomic E-state index is 15.2. The van der Waals surface area contributed by atoms with Gasteiger partial charge in [0.15, 0.2) is 75.1 Å². The summed E-state index contributed by atoms with van der Waals surface area (Å²) in [6.45, 7) is 1.94. The molecule has 4 amide bonds. The van der Waals surface area contributed by atoms with Crippen LogP contribution in [0.5, 0.6) is 23.0 Å². The highest BCUT2D eigenvalue weighted by Crippen LogP contribution is 2.57. The molecule has 4 aromatic heterocycles. The van der Waals surface area contributed by atoms with E-state index in [1.54, 1.807) is 32.9 Å². The molecule has 12 atom stereocenters. The number of benzene rings is 8. The minimum atomic E-state index is -1.06. The van der Waals surface area contributed by atoms with E-state index in [1.165, 1.54) is 78.2 Å². The second kappa shape index (κ2) is 36.9. The summed E-state index contributed by atoms with van der Waals surface area (Å²) in [7, 11) is 0. The number of H-pyrrole nitrogens is 1. The highest BCUT2D eigenvalue weighted by molar-refractivity contribution is 7.99. The first-order valence-electron chi connectivity index (χ1n) is 44.6. The molecule has 0 aliphatic carbocycles. The lowest BCUT2D eigenvalue weighted by molar-refractivity contribution is -0.0323. The molecular weight excluding hydrogens is 1900 g/mol. The maximum Gasteiger partial charge on any atom is 0.329 e. The molecule has 8 aromatic carbocycles. The van der Waals surface area contributed by atoms with Crippen LogP contribution < -0.4 is 27.8 Å². The van der Waals surface area contributed by atoms with Crippen molar-refractivity contribution in [2.75, 3.05) is 65.8 Å². The lowest BCUT2D eigenvalue weighted by Gasteiger charge is -2.49. The number of aromatic hydroxyl groups is 4. The molecule has 0 saturated carbocycles. The van der Waals surface area contributed by atoms with E-state index in [1.807, 2.05) is 97.1 Å². The van der Waals surface area contributed by atoms with Crippen LogP contribution in [0.2, 0.25) is 0 Å². The van der Waals surface area contributed by atoms with Crippen molar-refractivity contribution in [1.29, 1.82) is 0 Å². The first-order valence-corrected chi connectivity index (χ1v) is 48.5. The number of nitrogens with one attached hydrogen (secondary N) is 1. The first-order chi connectivity index (χ1) is 67.2. The van der Waals surface area contributed by atoms with E-state index in [-0.39, 0.29) is 120 Å². The number of ether oxygens (including phenoxy) is 3. The summed E-state index contributed by atoms with van der Waals surface area (Å²) in [6.07, 6.45) is 4.49. The molecule has 0 bridgehead atoms. The van der Waals surface area contributed by atoms with Gasteiger partial charge in [0.25, 0.3) is 29.2 Å². The van der Waals surface area contributed by atoms with Gasteiger partial charge in [-0.3, -0.25) is 47.9 Å². The van der Waals surface area contributed by atoms with E-state index >= 15 is 17.6 Å². The molecule has 714 valence electrons. The molecule has 0 spiro atoms. The van der Waals surface area contributed by atoms with Crippen molar-refractivity contribution >= 4 is 70.7 Å². The Morgan fingerprint density at radius 2 is 0.763 bits per heavy atom. The predicted molar refractivity (Wildman–Crippen MR) is 488 cm³/mol. The molecule has 4 fully saturated rings. The number of carbonyl (C=O) groups excluding carboxylic acids is 4. The molecule has 29 nitrogen and oxygen atoms in total. The van der Waals surface area contributed by atoms with E-state index < -0.39 is 199 Å². The van der Waals surface area contributed by atoms with Gasteiger partial charge in [0, 0.05) is 115 Å². The SMILES string of the molecule is O=C1c2c(O)c(=O)[nH]c(=O)n2C(C2c3ccccc3SCc3c2ccc(F)c3F)C2COCCN12.O=C1c2c(O)c(=O)cnn2C(C2c3ccccc3SCc3c2ccc(F)c3F)C2COCCN12.O=C1c2c(O)c(=O)nc(CO)n2C(C2c3ccccc3SCc3c2ccc(F)c3F)C2CCCCN12.O=C1c2c(O)c(=O)ncn2C(C2c3ccccc3SCc3c2ccc(F)c3F)C2COCCN12. The Bertz CT molecular complexity index is 7270. The fraction of sp³-hybridized carbons (Fsp3) is 0.306. The molecule has 12 aliphatic heterocycles. The largest absolute Gasteiger partial charge is 0.502 e. The number of piperidine rings is 1. The van der Waals surface area contributed by atoms with Gasteiger partial charge in [-0.05, 0) is 112 Å². The van der Waals surface area contributed by atoms with E-state index in [2.05, 4.69) is 20.1 Å². The van der Waals surface area contributed by atoms with Crippen LogP contribution >= 0.6 is 47.0 Å². The zero-order valence-electron chi connectivity index (χ0n) is 72.9. The third kappa shape index (κ3) is 15.3. The van der Waals surface area contributed by atoms with Crippen LogP contribution in [-0.2, 0) is 43.8 Å². The molecular formula is C98H80F8N12O17S4. The van der Waals surface area contributed by atoms with Crippen molar-refractivity contribution in [3.8, 4) is 23.0 Å². The Morgan fingerprint density at radius 1 is 0.388 bits per heavy atom. The number of aliphatic hydroxyl groups excluding tert-OH is 1. The number of aromatic amines is 1. The van der Waals surface area contributed by atoms with Gasteiger partial charge < -0.3 is 68.5 Å². The number of nitrogens with zero attached hydrogens (tertiary/aromatic N) is 11. The van der Waals surface area contributed by atoms with Crippen molar-refractivity contribution in [2.45, 2.75) is 140 Å². The Labute approximate surface area is 799 Å². The molecule has 12 unspecified atom stereocenters. The number of rotatable bonds is 5. The number of aliphatic hydroxyl groups is 1. The zero-order valence-corrected chi connectivity index (χ0v) is 76.1. The molecule has 41 heteroatoms. The Morgan fingerprint density at radius 3 is 1.21 bits per heavy atom. The molecule has 0 radical (unpaired) electrons. The number of hydrogen-bond acceptors (Lipinski definition) is 24. The summed E-state index contributed by atoms with van der Waals surface area (Å²) in [5.41, 5.74) is 0.933. The number of amides is 4. The summed E-state index contributed by atoms with van der Waals surface area (Å²) in [6, 6.07) is 36.1. The zero-order chi connectivity index (χ0) is 96.7. The van der Waals surface area contributed by atoms with Crippen LogP contribution in [0.3, 0.4) is 0 Å². The van der Waals surface area contributed by atoms with Crippen molar-refractivity contribution in [1.82, 2.24) is 58.0 Å². The Kier molecular flexibility index (Phi) is 24.5. The molecule has 6 N–H and O–H groups in total. The predicted octanol–water partition coefficient (Wildman–Crippen LogP) is 12.2. The van der Waals surface area contributed by atoms with Crippen molar-refractivity contribution in [3.63, 3.8) is 0 Å². The standard InChI is InChI=1S/C26H23F2N3O4S.C24H19F2N3O5S.2C24H19F2N3O4S/c27-16-9-8-13-15(21(16)28)12-36-18-7-2-1-5-14(18)20(13)22-17-6-3-4-10-30(17)26(35)23-24(33)25(34)29-19(11-32)31(22)23;25-14-6-5-11-13(18(14)26)10-35-16-4-2-1-3-12(16)17(11)19-15-9-34-8-7-28(15)23(32)20-21(30)22(31)27-24(33)29(19)20;25-15-6-5-12-14(20(15)26)11-34-18-4-2-1-3-13(18)19(12)21-16-10-33-8-7-28(16)24(32)22-23(31)17(30)9-27-29(21)22;25-15-6-5-12-14(19(15)26)10-34-17-4-2-1-3-13(17)18(12)20-16-9-33-8-7-28(16)24(32)21-22(30)23(31)27-11-29(20)21/h1-2,5,7-9,17,20,22,32-33H,3-4,6,10-12H2;1-6,15,17,19,30H,7-10H2,(H,27,31,33);1-6,9,16,19,21,31H,7-8,10-11H2;1-6,11,16,18,20,30H,7-10H2. The van der Waals surface area contributed by atoms with E-state index in [9.17, 15) is 86.2 Å². The second-order valence-electron chi connectivity index (χ2n) is 35.1. The van der Waals surface area contributed by atoms with E-state index in [4.69, 9.17) is 14.2 Å². The number of morpholine rings is 3. The summed E-state index contributed by atoms with van der Waals surface area (Å²) in [5.74, 6) is -14.1. The molecule has 12 aromatic rings. The molecule has 24 rings (SSSR count). The van der Waals surface area contributed by atoms with Gasteiger partial charge in [-0.1, -0.05) is 97.1 Å². The minimum Gasteiger partial charge on any atom is -0.502 e.